The highest BCUT2D eigenvalue weighted by Gasteiger charge is 2.11. The highest BCUT2D eigenvalue weighted by molar-refractivity contribution is 5.70. The van der Waals surface area contributed by atoms with Crippen molar-refractivity contribution < 1.29 is 4.74 Å². The van der Waals surface area contributed by atoms with Gasteiger partial charge in [-0.05, 0) is 37.3 Å². The van der Waals surface area contributed by atoms with E-state index in [1.807, 2.05) is 47.9 Å². The highest BCUT2D eigenvalue weighted by atomic mass is 16.5. The molecule has 10 nitrogen and oxygen atoms in total. The molecular formula is C22H23N9O. The number of hydrogen-bond acceptors (Lipinski definition) is 9. The predicted octanol–water partition coefficient (Wildman–Crippen LogP) is 2.69. The second-order valence-electron chi connectivity index (χ2n) is 6.74. The van der Waals surface area contributed by atoms with E-state index < -0.39 is 0 Å². The van der Waals surface area contributed by atoms with Gasteiger partial charge in [0.05, 0.1) is 24.4 Å². The van der Waals surface area contributed by atoms with E-state index >= 15 is 0 Å². The van der Waals surface area contributed by atoms with Gasteiger partial charge < -0.3 is 20.8 Å². The number of hydrogen-bond donors (Lipinski definition) is 3. The average molecular weight is 429 g/mol. The van der Waals surface area contributed by atoms with Crippen LogP contribution in [-0.2, 0) is 6.42 Å². The first-order valence-electron chi connectivity index (χ1n) is 10.1. The molecule has 0 aromatic carbocycles. The Bertz CT molecular complexity index is 1270. The molecule has 0 radical (unpaired) electrons. The number of anilines is 1. The van der Waals surface area contributed by atoms with E-state index in [-0.39, 0.29) is 0 Å². The van der Waals surface area contributed by atoms with Gasteiger partial charge >= 0.3 is 0 Å². The van der Waals surface area contributed by atoms with Crippen LogP contribution in [0.25, 0.3) is 16.9 Å². The van der Waals surface area contributed by atoms with Crippen LogP contribution in [0.15, 0.2) is 60.8 Å². The minimum absolute atomic E-state index is 0.423. The highest BCUT2D eigenvalue weighted by Crippen LogP contribution is 2.21. The molecule has 3 N–H and O–H groups in total. The molecule has 0 spiro atoms. The number of fused-ring (bicyclic) bond motifs is 1. The summed E-state index contributed by atoms with van der Waals surface area (Å²) in [5, 5.41) is 21.9. The first-order valence-corrected chi connectivity index (χ1v) is 10.1. The number of rotatable bonds is 9. The van der Waals surface area contributed by atoms with E-state index in [4.69, 9.17) is 10.1 Å². The zero-order valence-electron chi connectivity index (χ0n) is 17.8. The van der Waals surface area contributed by atoms with Crippen LogP contribution < -0.4 is 15.4 Å². The van der Waals surface area contributed by atoms with Crippen molar-refractivity contribution >= 4 is 17.8 Å². The molecule has 10 heteroatoms. The van der Waals surface area contributed by atoms with Crippen LogP contribution in [0, 0.1) is 5.41 Å². The standard InChI is InChI=1S/C22H23N9O/c1-3-32-17-5-9-25-16(13-17)14-21-30-29-20-12-15(7-11-31(20)21)18-6-10-26-22(27-18)28-19(24-2)4-8-23/h4-13,23-24H,3,14H2,1-2H3,(H,26,27,28)/b19-4+,23-8?. The first-order chi connectivity index (χ1) is 15.7. The first kappa shape index (κ1) is 20.9. The maximum atomic E-state index is 7.21. The van der Waals surface area contributed by atoms with Crippen LogP contribution in [0.5, 0.6) is 5.75 Å². The molecule has 0 atom stereocenters. The van der Waals surface area contributed by atoms with Crippen molar-refractivity contribution in [3.05, 3.63) is 72.3 Å². The maximum Gasteiger partial charge on any atom is 0.228 e. The lowest BCUT2D eigenvalue weighted by atomic mass is 10.2. The van der Waals surface area contributed by atoms with E-state index in [2.05, 4.69) is 35.8 Å². The van der Waals surface area contributed by atoms with Crippen LogP contribution in [0.3, 0.4) is 0 Å². The molecule has 162 valence electrons. The molecule has 0 amide bonds. The Kier molecular flexibility index (Phi) is 6.30. The second-order valence-corrected chi connectivity index (χ2v) is 6.74. The summed E-state index contributed by atoms with van der Waals surface area (Å²) in [5.41, 5.74) is 3.21. The quantitative estimate of drug-likeness (QED) is 0.347. The number of ether oxygens (including phenoxy) is 1. The number of nitrogens with one attached hydrogen (secondary N) is 3. The summed E-state index contributed by atoms with van der Waals surface area (Å²) in [6.45, 7) is 2.56. The van der Waals surface area contributed by atoms with Crippen molar-refractivity contribution in [1.29, 1.82) is 5.41 Å². The van der Waals surface area contributed by atoms with Gasteiger partial charge in [-0.2, -0.15) is 0 Å². The molecule has 0 aliphatic carbocycles. The maximum absolute atomic E-state index is 7.21. The van der Waals surface area contributed by atoms with Crippen molar-refractivity contribution in [3.8, 4) is 17.0 Å². The van der Waals surface area contributed by atoms with E-state index in [1.54, 1.807) is 25.5 Å². The van der Waals surface area contributed by atoms with E-state index in [0.29, 0.717) is 30.4 Å². The number of aromatic nitrogens is 6. The summed E-state index contributed by atoms with van der Waals surface area (Å²) in [6, 6.07) is 9.48. The fourth-order valence-corrected chi connectivity index (χ4v) is 3.16. The van der Waals surface area contributed by atoms with Gasteiger partial charge in [-0.1, -0.05) is 0 Å². The molecule has 0 bridgehead atoms. The summed E-state index contributed by atoms with van der Waals surface area (Å²) in [6.07, 6.45) is 8.64. The monoisotopic (exact) mass is 429 g/mol. The zero-order chi connectivity index (χ0) is 22.3. The minimum atomic E-state index is 0.423. The molecule has 4 rings (SSSR count). The van der Waals surface area contributed by atoms with Gasteiger partial charge in [-0.3, -0.25) is 9.38 Å². The Morgan fingerprint density at radius 2 is 2.03 bits per heavy atom. The van der Waals surface area contributed by atoms with Crippen molar-refractivity contribution in [2.45, 2.75) is 13.3 Å². The van der Waals surface area contributed by atoms with Crippen molar-refractivity contribution in [2.24, 2.45) is 0 Å². The molecule has 0 saturated carbocycles. The number of pyridine rings is 2. The van der Waals surface area contributed by atoms with Gasteiger partial charge in [-0.15, -0.1) is 10.2 Å². The largest absolute Gasteiger partial charge is 0.494 e. The Morgan fingerprint density at radius 1 is 1.16 bits per heavy atom. The summed E-state index contributed by atoms with van der Waals surface area (Å²) in [7, 11) is 1.76. The molecule has 32 heavy (non-hydrogen) atoms. The predicted molar refractivity (Wildman–Crippen MR) is 122 cm³/mol. The molecule has 0 aliphatic rings. The average Bonchev–Trinajstić information content (AvgIpc) is 3.21. The molecule has 0 unspecified atom stereocenters. The van der Waals surface area contributed by atoms with E-state index in [0.717, 1.165) is 28.5 Å². The third-order valence-electron chi connectivity index (χ3n) is 4.64. The van der Waals surface area contributed by atoms with Crippen molar-refractivity contribution in [1.82, 2.24) is 34.9 Å². The molecule has 0 saturated heterocycles. The fourth-order valence-electron chi connectivity index (χ4n) is 3.16. The van der Waals surface area contributed by atoms with Crippen LogP contribution >= 0.6 is 0 Å². The SMILES string of the molecule is CCOc1ccnc(Cc2nnc3cc(-c4ccnc(N/C(=C/C=N)NC)n4)ccn23)c1. The van der Waals surface area contributed by atoms with Crippen molar-refractivity contribution in [3.63, 3.8) is 0 Å². The zero-order valence-corrected chi connectivity index (χ0v) is 17.8. The van der Waals surface area contributed by atoms with Gasteiger partial charge in [0.25, 0.3) is 0 Å². The lowest BCUT2D eigenvalue weighted by Crippen LogP contribution is -2.16. The summed E-state index contributed by atoms with van der Waals surface area (Å²) >= 11 is 0. The smallest absolute Gasteiger partial charge is 0.228 e. The number of allylic oxidation sites excluding steroid dienone is 1. The fraction of sp³-hybridized carbons (Fsp3) is 0.182. The van der Waals surface area contributed by atoms with Crippen molar-refractivity contribution in [2.75, 3.05) is 19.0 Å². The molecular weight excluding hydrogens is 406 g/mol. The topological polar surface area (TPSA) is 126 Å². The Labute approximate surface area is 184 Å². The van der Waals surface area contributed by atoms with Crippen LogP contribution in [0.1, 0.15) is 18.4 Å². The third-order valence-corrected chi connectivity index (χ3v) is 4.64. The van der Waals surface area contributed by atoms with Crippen LogP contribution in [-0.4, -0.2) is 49.4 Å². The van der Waals surface area contributed by atoms with Crippen LogP contribution in [0.4, 0.5) is 5.95 Å². The molecule has 4 aromatic heterocycles. The van der Waals surface area contributed by atoms with Gasteiger partial charge in [0, 0.05) is 43.5 Å². The van der Waals surface area contributed by atoms with Gasteiger partial charge in [-0.25, -0.2) is 9.97 Å². The van der Waals surface area contributed by atoms with Gasteiger partial charge in [0.2, 0.25) is 5.95 Å². The molecule has 0 fully saturated rings. The second kappa shape index (κ2) is 9.65. The van der Waals surface area contributed by atoms with Gasteiger partial charge in [0.15, 0.2) is 5.65 Å². The lowest BCUT2D eigenvalue weighted by molar-refractivity contribution is 0.339. The summed E-state index contributed by atoms with van der Waals surface area (Å²) < 4.78 is 7.49. The summed E-state index contributed by atoms with van der Waals surface area (Å²) in [5.74, 6) is 2.62. The normalized spacial score (nSPS) is 11.4. The molecule has 4 heterocycles. The third kappa shape index (κ3) is 4.69. The number of nitrogens with zero attached hydrogens (tertiary/aromatic N) is 6. The Hall–Kier alpha value is -4.34. The van der Waals surface area contributed by atoms with E-state index in [9.17, 15) is 0 Å². The minimum Gasteiger partial charge on any atom is -0.494 e. The molecule has 0 aliphatic heterocycles. The molecule has 4 aromatic rings. The Balaban J connectivity index is 1.58. The van der Waals surface area contributed by atoms with E-state index in [1.165, 1.54) is 6.21 Å². The van der Waals surface area contributed by atoms with Gasteiger partial charge in [0.1, 0.15) is 17.4 Å². The lowest BCUT2D eigenvalue weighted by Gasteiger charge is -2.09. The Morgan fingerprint density at radius 3 is 2.84 bits per heavy atom. The van der Waals surface area contributed by atoms with Crippen LogP contribution in [0.2, 0.25) is 0 Å². The summed E-state index contributed by atoms with van der Waals surface area (Å²) in [4.78, 5) is 13.2.